The molecule has 0 saturated carbocycles. The summed E-state index contributed by atoms with van der Waals surface area (Å²) in [5.41, 5.74) is 0.746. The summed E-state index contributed by atoms with van der Waals surface area (Å²) in [5, 5.41) is 23.0. The fourth-order valence-corrected chi connectivity index (χ4v) is 1.96. The average Bonchev–Trinajstić information content (AvgIpc) is 2.43. The van der Waals surface area contributed by atoms with Gasteiger partial charge in [0.2, 0.25) is 0 Å². The van der Waals surface area contributed by atoms with Crippen LogP contribution in [0.5, 0.6) is 0 Å². The van der Waals surface area contributed by atoms with E-state index in [1.807, 2.05) is 13.0 Å². The van der Waals surface area contributed by atoms with Crippen LogP contribution >= 0.6 is 11.6 Å². The van der Waals surface area contributed by atoms with Crippen LogP contribution in [-0.2, 0) is 4.79 Å². The van der Waals surface area contributed by atoms with E-state index >= 15 is 0 Å². The Labute approximate surface area is 127 Å². The Kier molecular flexibility index (Phi) is 6.50. The van der Waals surface area contributed by atoms with Crippen molar-refractivity contribution in [2.75, 3.05) is 11.9 Å². The lowest BCUT2D eigenvalue weighted by molar-refractivity contribution is -0.141. The number of carbonyl (C=O) groups excluding carboxylic acids is 1. The highest BCUT2D eigenvalue weighted by Gasteiger charge is 2.17. The van der Waals surface area contributed by atoms with Gasteiger partial charge in [-0.2, -0.15) is 5.26 Å². The number of urea groups is 1. The van der Waals surface area contributed by atoms with E-state index in [0.29, 0.717) is 17.7 Å². The number of halogens is 1. The summed E-state index contributed by atoms with van der Waals surface area (Å²) < 4.78 is 0. The van der Waals surface area contributed by atoms with Gasteiger partial charge >= 0.3 is 12.0 Å². The summed E-state index contributed by atoms with van der Waals surface area (Å²) in [5.74, 6) is -1.54. The quantitative estimate of drug-likeness (QED) is 0.751. The standard InChI is InChI=1S/C14H16ClN3O3/c1-2-3-10(13(19)20)8-17-14(21)18-11-5-4-9(7-16)12(15)6-11/h4-6,10H,2-3,8H2,1H3,(H,19,20)(H2,17,18,21). The number of benzene rings is 1. The van der Waals surface area contributed by atoms with E-state index in [0.717, 1.165) is 6.42 Å². The maximum Gasteiger partial charge on any atom is 0.319 e. The topological polar surface area (TPSA) is 102 Å². The van der Waals surface area contributed by atoms with Crippen molar-refractivity contribution in [1.82, 2.24) is 5.32 Å². The highest BCUT2D eigenvalue weighted by Crippen LogP contribution is 2.20. The number of nitriles is 1. The minimum atomic E-state index is -0.932. The molecule has 1 atom stereocenters. The third-order valence-electron chi connectivity index (χ3n) is 2.84. The van der Waals surface area contributed by atoms with Crippen molar-refractivity contribution in [3.8, 4) is 6.07 Å². The number of hydrogen-bond acceptors (Lipinski definition) is 3. The zero-order valence-electron chi connectivity index (χ0n) is 11.5. The van der Waals surface area contributed by atoms with E-state index in [-0.39, 0.29) is 11.6 Å². The van der Waals surface area contributed by atoms with Crippen molar-refractivity contribution in [2.24, 2.45) is 5.92 Å². The number of carbonyl (C=O) groups is 2. The van der Waals surface area contributed by atoms with E-state index in [1.54, 1.807) is 6.07 Å². The molecule has 0 heterocycles. The van der Waals surface area contributed by atoms with Gasteiger partial charge in [0.15, 0.2) is 0 Å². The Balaban J connectivity index is 2.56. The molecule has 2 amide bonds. The number of aliphatic carboxylic acids is 1. The molecule has 0 aliphatic heterocycles. The Bertz CT molecular complexity index is 569. The van der Waals surface area contributed by atoms with Crippen LogP contribution < -0.4 is 10.6 Å². The van der Waals surface area contributed by atoms with Crippen LogP contribution in [0.25, 0.3) is 0 Å². The van der Waals surface area contributed by atoms with Gasteiger partial charge in [-0.25, -0.2) is 4.79 Å². The Morgan fingerprint density at radius 3 is 2.71 bits per heavy atom. The number of nitrogens with one attached hydrogen (secondary N) is 2. The summed E-state index contributed by atoms with van der Waals surface area (Å²) >= 11 is 5.85. The van der Waals surface area contributed by atoms with E-state index in [2.05, 4.69) is 10.6 Å². The second kappa shape index (κ2) is 8.12. The van der Waals surface area contributed by atoms with Crippen molar-refractivity contribution in [3.63, 3.8) is 0 Å². The number of carboxylic acid groups (broad SMARTS) is 1. The fourth-order valence-electron chi connectivity index (χ4n) is 1.74. The molecule has 21 heavy (non-hydrogen) atoms. The van der Waals surface area contributed by atoms with Crippen LogP contribution in [0, 0.1) is 17.2 Å². The molecule has 0 radical (unpaired) electrons. The van der Waals surface area contributed by atoms with Crippen LogP contribution in [0.1, 0.15) is 25.3 Å². The first-order chi connectivity index (χ1) is 9.97. The zero-order chi connectivity index (χ0) is 15.8. The molecule has 7 heteroatoms. The number of rotatable bonds is 6. The number of hydrogen-bond donors (Lipinski definition) is 3. The van der Waals surface area contributed by atoms with Crippen LogP contribution in [-0.4, -0.2) is 23.7 Å². The lowest BCUT2D eigenvalue weighted by atomic mass is 10.0. The van der Waals surface area contributed by atoms with Crippen molar-refractivity contribution in [3.05, 3.63) is 28.8 Å². The van der Waals surface area contributed by atoms with E-state index in [4.69, 9.17) is 22.0 Å². The molecule has 0 aliphatic rings. The Morgan fingerprint density at radius 2 is 2.19 bits per heavy atom. The highest BCUT2D eigenvalue weighted by atomic mass is 35.5. The summed E-state index contributed by atoms with van der Waals surface area (Å²) in [6.07, 6.45) is 1.23. The lowest BCUT2D eigenvalue weighted by Crippen LogP contribution is -2.35. The van der Waals surface area contributed by atoms with Gasteiger partial charge in [-0.3, -0.25) is 4.79 Å². The summed E-state index contributed by atoms with van der Waals surface area (Å²) in [7, 11) is 0. The third-order valence-corrected chi connectivity index (χ3v) is 3.16. The average molecular weight is 310 g/mol. The number of anilines is 1. The SMILES string of the molecule is CCCC(CNC(=O)Nc1ccc(C#N)c(Cl)c1)C(=O)O. The van der Waals surface area contributed by atoms with Gasteiger partial charge in [-0.15, -0.1) is 0 Å². The molecule has 1 aromatic rings. The number of nitrogens with zero attached hydrogens (tertiary/aromatic N) is 1. The van der Waals surface area contributed by atoms with Gasteiger partial charge in [0, 0.05) is 12.2 Å². The predicted octanol–water partition coefficient (Wildman–Crippen LogP) is 2.83. The molecule has 112 valence electrons. The number of carboxylic acids is 1. The summed E-state index contributed by atoms with van der Waals surface area (Å²) in [6, 6.07) is 5.90. The maximum absolute atomic E-state index is 11.7. The predicted molar refractivity (Wildman–Crippen MR) is 79.2 cm³/mol. The van der Waals surface area contributed by atoms with Crippen molar-refractivity contribution < 1.29 is 14.7 Å². The Hall–Kier alpha value is -2.26. The van der Waals surface area contributed by atoms with Gasteiger partial charge in [0.25, 0.3) is 0 Å². The monoisotopic (exact) mass is 309 g/mol. The summed E-state index contributed by atoms with van der Waals surface area (Å²) in [6.45, 7) is 1.94. The van der Waals surface area contributed by atoms with Crippen molar-refractivity contribution >= 4 is 29.3 Å². The summed E-state index contributed by atoms with van der Waals surface area (Å²) in [4.78, 5) is 22.6. The second-order valence-electron chi connectivity index (χ2n) is 4.47. The van der Waals surface area contributed by atoms with E-state index < -0.39 is 17.9 Å². The van der Waals surface area contributed by atoms with Gasteiger partial charge in [-0.1, -0.05) is 24.9 Å². The largest absolute Gasteiger partial charge is 0.481 e. The molecular formula is C14H16ClN3O3. The van der Waals surface area contributed by atoms with Crippen LogP contribution in [0.3, 0.4) is 0 Å². The van der Waals surface area contributed by atoms with E-state index in [9.17, 15) is 9.59 Å². The van der Waals surface area contributed by atoms with Gasteiger partial charge in [0.1, 0.15) is 6.07 Å². The molecule has 0 fully saturated rings. The fraction of sp³-hybridized carbons (Fsp3) is 0.357. The second-order valence-corrected chi connectivity index (χ2v) is 4.87. The molecule has 1 unspecified atom stereocenters. The van der Waals surface area contributed by atoms with Crippen LogP contribution in [0.4, 0.5) is 10.5 Å². The van der Waals surface area contributed by atoms with Crippen LogP contribution in [0.15, 0.2) is 18.2 Å². The molecule has 6 nitrogen and oxygen atoms in total. The molecule has 0 aromatic heterocycles. The van der Waals surface area contributed by atoms with Crippen LogP contribution in [0.2, 0.25) is 5.02 Å². The molecule has 3 N–H and O–H groups in total. The highest BCUT2D eigenvalue weighted by molar-refractivity contribution is 6.32. The third kappa shape index (κ3) is 5.32. The normalized spacial score (nSPS) is 11.3. The van der Waals surface area contributed by atoms with Gasteiger partial charge in [0.05, 0.1) is 16.5 Å². The van der Waals surface area contributed by atoms with Crippen molar-refractivity contribution in [2.45, 2.75) is 19.8 Å². The first-order valence-corrected chi connectivity index (χ1v) is 6.83. The molecule has 0 bridgehead atoms. The van der Waals surface area contributed by atoms with Gasteiger partial charge in [-0.05, 0) is 24.6 Å². The smallest absolute Gasteiger partial charge is 0.319 e. The molecule has 1 aromatic carbocycles. The Morgan fingerprint density at radius 1 is 1.48 bits per heavy atom. The zero-order valence-corrected chi connectivity index (χ0v) is 12.3. The first kappa shape index (κ1) is 16.8. The minimum Gasteiger partial charge on any atom is -0.481 e. The minimum absolute atomic E-state index is 0.0546. The molecule has 0 aliphatic carbocycles. The molecule has 1 rings (SSSR count). The molecular weight excluding hydrogens is 294 g/mol. The number of amides is 2. The van der Waals surface area contributed by atoms with Gasteiger partial charge < -0.3 is 15.7 Å². The molecule has 0 saturated heterocycles. The first-order valence-electron chi connectivity index (χ1n) is 6.45. The molecule has 0 spiro atoms. The lowest BCUT2D eigenvalue weighted by Gasteiger charge is -2.13. The van der Waals surface area contributed by atoms with Crippen molar-refractivity contribution in [1.29, 1.82) is 5.26 Å². The van der Waals surface area contributed by atoms with E-state index in [1.165, 1.54) is 12.1 Å². The maximum atomic E-state index is 11.7.